The van der Waals surface area contributed by atoms with E-state index in [-0.39, 0.29) is 11.5 Å². The topological polar surface area (TPSA) is 81.3 Å². The van der Waals surface area contributed by atoms with E-state index < -0.39 is 11.9 Å². The second-order valence-corrected chi connectivity index (χ2v) is 2.12. The largest absolute Gasteiger partial charge is 0.464 e. The number of hydrogen-bond donors (Lipinski definition) is 1. The smallest absolute Gasteiger partial charge is 0.374 e. The summed E-state index contributed by atoms with van der Waals surface area (Å²) in [6.07, 6.45) is 1.28. The number of nitrogens with zero attached hydrogens (tertiary/aromatic N) is 1. The van der Waals surface area contributed by atoms with E-state index in [9.17, 15) is 9.59 Å². The molecule has 13 heavy (non-hydrogen) atoms. The first kappa shape index (κ1) is 9.24. The predicted molar refractivity (Wildman–Crippen MR) is 41.3 cm³/mol. The second-order valence-electron chi connectivity index (χ2n) is 2.12. The summed E-state index contributed by atoms with van der Waals surface area (Å²) < 4.78 is 8.77. The minimum Gasteiger partial charge on any atom is -0.464 e. The van der Waals surface area contributed by atoms with E-state index in [0.717, 1.165) is 0 Å². The monoisotopic (exact) mass is 184 g/mol. The normalized spacial score (nSPS) is 9.38. The lowest BCUT2D eigenvalue weighted by molar-refractivity contribution is 0.0586. The molecule has 1 rings (SSSR count). The number of esters is 2. The van der Waals surface area contributed by atoms with Gasteiger partial charge in [-0.25, -0.2) is 14.6 Å². The van der Waals surface area contributed by atoms with E-state index >= 15 is 0 Å². The van der Waals surface area contributed by atoms with Crippen LogP contribution in [0, 0.1) is 0 Å². The van der Waals surface area contributed by atoms with Crippen LogP contribution in [-0.2, 0) is 9.47 Å². The first-order valence-corrected chi connectivity index (χ1v) is 3.41. The fraction of sp³-hybridized carbons (Fsp3) is 0.286. The van der Waals surface area contributed by atoms with E-state index in [1.165, 1.54) is 20.4 Å². The van der Waals surface area contributed by atoms with Crippen molar-refractivity contribution in [3.63, 3.8) is 0 Å². The van der Waals surface area contributed by atoms with Crippen LogP contribution in [-0.4, -0.2) is 36.1 Å². The lowest BCUT2D eigenvalue weighted by atomic mass is 10.5. The molecule has 0 spiro atoms. The molecule has 0 aromatic carbocycles. The van der Waals surface area contributed by atoms with E-state index in [4.69, 9.17) is 0 Å². The first-order valence-electron chi connectivity index (χ1n) is 3.41. The molecule has 0 atom stereocenters. The summed E-state index contributed by atoms with van der Waals surface area (Å²) in [7, 11) is 2.46. The molecule has 0 amide bonds. The second kappa shape index (κ2) is 3.70. The quantitative estimate of drug-likeness (QED) is 0.653. The van der Waals surface area contributed by atoms with Gasteiger partial charge in [-0.1, -0.05) is 0 Å². The maximum absolute atomic E-state index is 10.9. The molecule has 0 radical (unpaired) electrons. The highest BCUT2D eigenvalue weighted by Gasteiger charge is 2.14. The summed E-state index contributed by atoms with van der Waals surface area (Å²) in [5.74, 6) is -1.26. The molecule has 0 saturated heterocycles. The highest BCUT2D eigenvalue weighted by molar-refractivity contribution is 5.90. The Kier molecular flexibility index (Phi) is 2.63. The molecule has 0 unspecified atom stereocenters. The summed E-state index contributed by atoms with van der Waals surface area (Å²) in [5, 5.41) is 0. The van der Waals surface area contributed by atoms with Gasteiger partial charge in [-0.3, -0.25) is 0 Å². The number of aromatic amines is 1. The SMILES string of the molecule is COC(=O)c1c[nH]c(C(=O)OC)n1. The summed E-state index contributed by atoms with van der Waals surface area (Å²) in [6, 6.07) is 0. The van der Waals surface area contributed by atoms with Crippen LogP contribution >= 0.6 is 0 Å². The van der Waals surface area contributed by atoms with Gasteiger partial charge in [-0.2, -0.15) is 0 Å². The molecule has 70 valence electrons. The Labute approximate surface area is 73.9 Å². The fourth-order valence-corrected chi connectivity index (χ4v) is 0.732. The molecular weight excluding hydrogens is 176 g/mol. The number of carbonyl (C=O) groups excluding carboxylic acids is 2. The van der Waals surface area contributed by atoms with Crippen molar-refractivity contribution in [3.05, 3.63) is 17.7 Å². The molecule has 6 nitrogen and oxygen atoms in total. The minimum atomic E-state index is -0.629. The van der Waals surface area contributed by atoms with Gasteiger partial charge < -0.3 is 14.5 Å². The van der Waals surface area contributed by atoms with Crippen molar-refractivity contribution in [2.45, 2.75) is 0 Å². The maximum atomic E-state index is 10.9. The van der Waals surface area contributed by atoms with Gasteiger partial charge in [-0.15, -0.1) is 0 Å². The lowest BCUT2D eigenvalue weighted by Crippen LogP contribution is -2.05. The van der Waals surface area contributed by atoms with Crippen LogP contribution in [0.5, 0.6) is 0 Å². The third-order valence-corrected chi connectivity index (χ3v) is 1.35. The van der Waals surface area contributed by atoms with Gasteiger partial charge in [0.1, 0.15) is 0 Å². The molecule has 0 aliphatic carbocycles. The van der Waals surface area contributed by atoms with Gasteiger partial charge in [0, 0.05) is 6.20 Å². The van der Waals surface area contributed by atoms with E-state index in [2.05, 4.69) is 19.4 Å². The Morgan fingerprint density at radius 3 is 2.46 bits per heavy atom. The zero-order chi connectivity index (χ0) is 9.84. The molecule has 6 heteroatoms. The Morgan fingerprint density at radius 1 is 1.31 bits per heavy atom. The maximum Gasteiger partial charge on any atom is 0.374 e. The van der Waals surface area contributed by atoms with Crippen LogP contribution in [0.2, 0.25) is 0 Å². The molecule has 1 N–H and O–H groups in total. The molecular formula is C7H8N2O4. The van der Waals surface area contributed by atoms with Crippen LogP contribution in [0.4, 0.5) is 0 Å². The van der Waals surface area contributed by atoms with Crippen molar-refractivity contribution in [2.75, 3.05) is 14.2 Å². The van der Waals surface area contributed by atoms with Crippen molar-refractivity contribution in [1.82, 2.24) is 9.97 Å². The van der Waals surface area contributed by atoms with Gasteiger partial charge in [-0.05, 0) is 0 Å². The van der Waals surface area contributed by atoms with Gasteiger partial charge in [0.2, 0.25) is 5.82 Å². The molecule has 0 aliphatic heterocycles. The molecule has 0 aliphatic rings. The number of ether oxygens (including phenoxy) is 2. The van der Waals surface area contributed by atoms with Gasteiger partial charge >= 0.3 is 11.9 Å². The number of nitrogens with one attached hydrogen (secondary N) is 1. The van der Waals surface area contributed by atoms with Crippen molar-refractivity contribution in [3.8, 4) is 0 Å². The molecule has 0 bridgehead atoms. The van der Waals surface area contributed by atoms with Crippen LogP contribution in [0.1, 0.15) is 21.1 Å². The lowest BCUT2D eigenvalue weighted by Gasteiger charge is -1.92. The molecule has 1 aromatic rings. The number of imidazole rings is 1. The number of aromatic nitrogens is 2. The molecule has 0 fully saturated rings. The Morgan fingerprint density at radius 2 is 1.92 bits per heavy atom. The zero-order valence-electron chi connectivity index (χ0n) is 7.16. The van der Waals surface area contributed by atoms with Crippen molar-refractivity contribution in [1.29, 1.82) is 0 Å². The summed E-state index contributed by atoms with van der Waals surface area (Å²) in [5.41, 5.74) is 0.0444. The summed E-state index contributed by atoms with van der Waals surface area (Å²) in [4.78, 5) is 27.9. The van der Waals surface area contributed by atoms with Crippen LogP contribution in [0.25, 0.3) is 0 Å². The third-order valence-electron chi connectivity index (χ3n) is 1.35. The van der Waals surface area contributed by atoms with Crippen molar-refractivity contribution < 1.29 is 19.1 Å². The van der Waals surface area contributed by atoms with E-state index in [1.54, 1.807) is 0 Å². The van der Waals surface area contributed by atoms with Crippen molar-refractivity contribution in [2.24, 2.45) is 0 Å². The average Bonchev–Trinajstić information content (AvgIpc) is 2.64. The van der Waals surface area contributed by atoms with Gasteiger partial charge in [0.15, 0.2) is 5.69 Å². The predicted octanol–water partition coefficient (Wildman–Crippen LogP) is -0.0171. The Bertz CT molecular complexity index is 300. The fourth-order valence-electron chi connectivity index (χ4n) is 0.732. The summed E-state index contributed by atoms with van der Waals surface area (Å²) >= 11 is 0. The number of carbonyl (C=O) groups is 2. The third kappa shape index (κ3) is 1.84. The zero-order valence-corrected chi connectivity index (χ0v) is 7.16. The van der Waals surface area contributed by atoms with E-state index in [1.807, 2.05) is 0 Å². The standard InChI is InChI=1S/C7H8N2O4/c1-12-6(10)4-3-8-5(9-4)7(11)13-2/h3H,1-2H3,(H,8,9). The first-order chi connectivity index (χ1) is 6.19. The Hall–Kier alpha value is -1.85. The van der Waals surface area contributed by atoms with Crippen LogP contribution in [0.3, 0.4) is 0 Å². The van der Waals surface area contributed by atoms with Crippen molar-refractivity contribution >= 4 is 11.9 Å². The van der Waals surface area contributed by atoms with Crippen LogP contribution in [0.15, 0.2) is 6.20 Å². The summed E-state index contributed by atoms with van der Waals surface area (Å²) in [6.45, 7) is 0. The van der Waals surface area contributed by atoms with Gasteiger partial charge in [0.05, 0.1) is 14.2 Å². The van der Waals surface area contributed by atoms with Gasteiger partial charge in [0.25, 0.3) is 0 Å². The molecule has 1 heterocycles. The highest BCUT2D eigenvalue weighted by atomic mass is 16.5. The number of rotatable bonds is 2. The highest BCUT2D eigenvalue weighted by Crippen LogP contribution is 1.99. The number of H-pyrrole nitrogens is 1. The molecule has 0 saturated carbocycles. The Balaban J connectivity index is 2.86. The number of hydrogen-bond acceptors (Lipinski definition) is 5. The van der Waals surface area contributed by atoms with Crippen LogP contribution < -0.4 is 0 Å². The minimum absolute atomic E-state index is 0.0251. The molecule has 1 aromatic heterocycles. The van der Waals surface area contributed by atoms with E-state index in [0.29, 0.717) is 0 Å². The average molecular weight is 184 g/mol. The number of methoxy groups -OCH3 is 2.